The molecule has 0 aromatic carbocycles. The Labute approximate surface area is 145 Å². The number of ketones is 1. The van der Waals surface area contributed by atoms with Crippen molar-refractivity contribution in [2.45, 2.75) is 46.3 Å². The van der Waals surface area contributed by atoms with Crippen molar-refractivity contribution in [3.05, 3.63) is 40.5 Å². The van der Waals surface area contributed by atoms with Gasteiger partial charge in [-0.05, 0) is 39.7 Å². The Bertz CT molecular complexity index is 783. The van der Waals surface area contributed by atoms with E-state index in [1.54, 1.807) is 6.92 Å². The SMILES string of the molecule is Cc1cc(C(=O)OCC(=O)c2cc(C)n(C[C@H]3CCCO3)c2C)on1. The smallest absolute Gasteiger partial charge is 0.377 e. The van der Waals surface area contributed by atoms with E-state index in [2.05, 4.69) is 9.72 Å². The van der Waals surface area contributed by atoms with Crippen molar-refractivity contribution in [3.63, 3.8) is 0 Å². The average molecular weight is 346 g/mol. The predicted molar refractivity (Wildman–Crippen MR) is 88.7 cm³/mol. The highest BCUT2D eigenvalue weighted by Gasteiger charge is 2.22. The molecule has 0 unspecified atom stereocenters. The van der Waals surface area contributed by atoms with Gasteiger partial charge in [0.2, 0.25) is 11.5 Å². The highest BCUT2D eigenvalue weighted by Crippen LogP contribution is 2.21. The quantitative estimate of drug-likeness (QED) is 0.590. The standard InChI is InChI=1S/C18H22N2O5/c1-11-7-17(25-19-11)18(22)24-10-16(21)15-8-12(2)20(13(15)3)9-14-5-4-6-23-14/h7-8,14H,4-6,9-10H2,1-3H3/t14-/m1/s1. The zero-order valence-electron chi connectivity index (χ0n) is 14.7. The monoisotopic (exact) mass is 346 g/mol. The Morgan fingerprint density at radius 2 is 2.12 bits per heavy atom. The van der Waals surface area contributed by atoms with Crippen LogP contribution in [-0.2, 0) is 16.0 Å². The van der Waals surface area contributed by atoms with Gasteiger partial charge in [-0.15, -0.1) is 0 Å². The van der Waals surface area contributed by atoms with Crippen molar-refractivity contribution >= 4 is 11.8 Å². The molecule has 0 saturated carbocycles. The molecular formula is C18H22N2O5. The number of hydrogen-bond acceptors (Lipinski definition) is 6. The van der Waals surface area contributed by atoms with Crippen LogP contribution in [0.2, 0.25) is 0 Å². The predicted octanol–water partition coefficient (Wildman–Crippen LogP) is 2.62. The number of Topliss-reactive ketones (excluding diaryl/α,β-unsaturated/α-hetero) is 1. The summed E-state index contributed by atoms with van der Waals surface area (Å²) in [6.07, 6.45) is 2.31. The first-order chi connectivity index (χ1) is 12.0. The van der Waals surface area contributed by atoms with Crippen molar-refractivity contribution in [2.24, 2.45) is 0 Å². The van der Waals surface area contributed by atoms with E-state index in [0.29, 0.717) is 11.3 Å². The second kappa shape index (κ2) is 7.23. The second-order valence-corrected chi connectivity index (χ2v) is 6.36. The normalized spacial score (nSPS) is 17.0. The zero-order chi connectivity index (χ0) is 18.0. The Kier molecular flexibility index (Phi) is 5.03. The molecule has 1 aliphatic rings. The Morgan fingerprint density at radius 1 is 1.32 bits per heavy atom. The molecule has 1 saturated heterocycles. The number of esters is 1. The molecule has 134 valence electrons. The molecule has 0 spiro atoms. The molecule has 3 heterocycles. The van der Waals surface area contributed by atoms with E-state index in [0.717, 1.165) is 37.4 Å². The fraction of sp³-hybridized carbons (Fsp3) is 0.500. The molecule has 0 aliphatic carbocycles. The third kappa shape index (κ3) is 3.82. The first kappa shape index (κ1) is 17.4. The van der Waals surface area contributed by atoms with Gasteiger partial charge in [-0.25, -0.2) is 4.79 Å². The molecule has 1 fully saturated rings. The van der Waals surface area contributed by atoms with Gasteiger partial charge in [0.15, 0.2) is 6.61 Å². The minimum Gasteiger partial charge on any atom is -0.451 e. The lowest BCUT2D eigenvalue weighted by atomic mass is 10.1. The number of aromatic nitrogens is 2. The summed E-state index contributed by atoms with van der Waals surface area (Å²) >= 11 is 0. The van der Waals surface area contributed by atoms with Gasteiger partial charge < -0.3 is 18.6 Å². The number of carbonyl (C=O) groups is 2. The van der Waals surface area contributed by atoms with Crippen molar-refractivity contribution in [1.82, 2.24) is 9.72 Å². The fourth-order valence-electron chi connectivity index (χ4n) is 3.10. The Hall–Kier alpha value is -2.41. The minimum atomic E-state index is -0.692. The van der Waals surface area contributed by atoms with Crippen LogP contribution in [0.5, 0.6) is 0 Å². The Balaban J connectivity index is 1.64. The summed E-state index contributed by atoms with van der Waals surface area (Å²) in [5.74, 6) is -0.937. The van der Waals surface area contributed by atoms with E-state index in [9.17, 15) is 9.59 Å². The number of ether oxygens (including phenoxy) is 2. The third-order valence-electron chi connectivity index (χ3n) is 4.45. The summed E-state index contributed by atoms with van der Waals surface area (Å²) in [4.78, 5) is 24.3. The number of hydrogen-bond donors (Lipinski definition) is 0. The molecule has 1 aliphatic heterocycles. The van der Waals surface area contributed by atoms with Gasteiger partial charge in [-0.2, -0.15) is 0 Å². The molecule has 7 nitrogen and oxygen atoms in total. The molecule has 0 radical (unpaired) electrons. The molecular weight excluding hydrogens is 324 g/mol. The van der Waals surface area contributed by atoms with E-state index in [1.807, 2.05) is 19.9 Å². The minimum absolute atomic E-state index is 0.00541. The lowest BCUT2D eigenvalue weighted by Crippen LogP contribution is -2.18. The summed E-state index contributed by atoms with van der Waals surface area (Å²) in [5, 5.41) is 3.62. The van der Waals surface area contributed by atoms with E-state index >= 15 is 0 Å². The lowest BCUT2D eigenvalue weighted by molar-refractivity contribution is 0.0435. The van der Waals surface area contributed by atoms with E-state index in [1.165, 1.54) is 6.07 Å². The van der Waals surface area contributed by atoms with Gasteiger partial charge in [-0.1, -0.05) is 5.16 Å². The van der Waals surface area contributed by atoms with Gasteiger partial charge >= 0.3 is 5.97 Å². The van der Waals surface area contributed by atoms with E-state index in [4.69, 9.17) is 14.0 Å². The first-order valence-electron chi connectivity index (χ1n) is 8.37. The lowest BCUT2D eigenvalue weighted by Gasteiger charge is -2.14. The average Bonchev–Trinajstić information content (AvgIpc) is 3.30. The molecule has 25 heavy (non-hydrogen) atoms. The summed E-state index contributed by atoms with van der Waals surface area (Å²) in [6.45, 7) is 6.77. The maximum Gasteiger partial charge on any atom is 0.377 e. The molecule has 1 atom stereocenters. The van der Waals surface area contributed by atoms with Crippen LogP contribution in [0.3, 0.4) is 0 Å². The highest BCUT2D eigenvalue weighted by atomic mass is 16.6. The van der Waals surface area contributed by atoms with Gasteiger partial charge in [0.05, 0.1) is 11.8 Å². The van der Waals surface area contributed by atoms with Crippen LogP contribution in [0.1, 0.15) is 50.8 Å². The van der Waals surface area contributed by atoms with Gasteiger partial charge in [-0.3, -0.25) is 4.79 Å². The van der Waals surface area contributed by atoms with Crippen LogP contribution < -0.4 is 0 Å². The van der Waals surface area contributed by atoms with Crippen LogP contribution in [0.4, 0.5) is 0 Å². The topological polar surface area (TPSA) is 83.6 Å². The highest BCUT2D eigenvalue weighted by molar-refractivity contribution is 6.00. The molecule has 7 heteroatoms. The number of nitrogens with zero attached hydrogens (tertiary/aromatic N) is 2. The number of aryl methyl sites for hydroxylation is 2. The largest absolute Gasteiger partial charge is 0.451 e. The molecule has 2 aromatic rings. The van der Waals surface area contributed by atoms with Crippen LogP contribution in [0, 0.1) is 20.8 Å². The van der Waals surface area contributed by atoms with Crippen molar-refractivity contribution in [1.29, 1.82) is 0 Å². The third-order valence-corrected chi connectivity index (χ3v) is 4.45. The van der Waals surface area contributed by atoms with Crippen molar-refractivity contribution < 1.29 is 23.6 Å². The second-order valence-electron chi connectivity index (χ2n) is 6.36. The summed E-state index contributed by atoms with van der Waals surface area (Å²) < 4.78 is 17.6. The fourth-order valence-corrected chi connectivity index (χ4v) is 3.10. The number of carbonyl (C=O) groups excluding carboxylic acids is 2. The summed E-state index contributed by atoms with van der Waals surface area (Å²) in [6, 6.07) is 3.30. The van der Waals surface area contributed by atoms with E-state index < -0.39 is 5.97 Å². The van der Waals surface area contributed by atoms with E-state index in [-0.39, 0.29) is 24.3 Å². The van der Waals surface area contributed by atoms with Crippen molar-refractivity contribution in [2.75, 3.05) is 13.2 Å². The van der Waals surface area contributed by atoms with Crippen LogP contribution in [-0.4, -0.2) is 40.8 Å². The van der Waals surface area contributed by atoms with Gasteiger partial charge in [0.25, 0.3) is 0 Å². The number of rotatable bonds is 6. The van der Waals surface area contributed by atoms with Gasteiger partial charge in [0, 0.05) is 36.2 Å². The summed E-state index contributed by atoms with van der Waals surface area (Å²) in [5.41, 5.74) is 3.01. The Morgan fingerprint density at radius 3 is 2.76 bits per heavy atom. The summed E-state index contributed by atoms with van der Waals surface area (Å²) in [7, 11) is 0. The first-order valence-corrected chi connectivity index (χ1v) is 8.37. The maximum atomic E-state index is 12.4. The zero-order valence-corrected chi connectivity index (χ0v) is 14.7. The van der Waals surface area contributed by atoms with Gasteiger partial charge in [0.1, 0.15) is 0 Å². The molecule has 0 bridgehead atoms. The molecule has 0 amide bonds. The molecule has 0 N–H and O–H groups in total. The molecule has 3 rings (SSSR count). The van der Waals surface area contributed by atoms with Crippen molar-refractivity contribution in [3.8, 4) is 0 Å². The van der Waals surface area contributed by atoms with Crippen LogP contribution >= 0.6 is 0 Å². The van der Waals surface area contributed by atoms with Crippen LogP contribution in [0.25, 0.3) is 0 Å². The van der Waals surface area contributed by atoms with Crippen LogP contribution in [0.15, 0.2) is 16.7 Å². The maximum absolute atomic E-state index is 12.4. The molecule has 2 aromatic heterocycles.